The van der Waals surface area contributed by atoms with Crippen molar-refractivity contribution in [2.45, 2.75) is 19.0 Å². The molecule has 3 aromatic heterocycles. The number of thiocarbonyl (C=S) groups is 1. The van der Waals surface area contributed by atoms with Crippen molar-refractivity contribution >= 4 is 17.3 Å². The third-order valence-corrected chi connectivity index (χ3v) is 4.97. The molecule has 4 rings (SSSR count). The van der Waals surface area contributed by atoms with Crippen LogP contribution >= 0.6 is 12.2 Å². The Hall–Kier alpha value is -2.73. The Morgan fingerprint density at radius 2 is 1.96 bits per heavy atom. The van der Waals surface area contributed by atoms with Crippen LogP contribution in [-0.4, -0.2) is 31.6 Å². The second kappa shape index (κ2) is 6.29. The number of likely N-dealkylation sites (N-methyl/N-ethyl adjacent to an activating group) is 1. The summed E-state index contributed by atoms with van der Waals surface area (Å²) in [5, 5.41) is 4.13. The van der Waals surface area contributed by atoms with E-state index in [1.807, 2.05) is 62.9 Å². The van der Waals surface area contributed by atoms with Gasteiger partial charge in [-0.1, -0.05) is 12.1 Å². The zero-order chi connectivity index (χ0) is 17.4. The maximum absolute atomic E-state index is 5.51. The van der Waals surface area contributed by atoms with E-state index in [-0.39, 0.29) is 12.1 Å². The monoisotopic (exact) mass is 349 g/mol. The molecule has 1 N–H and O–H groups in total. The summed E-state index contributed by atoms with van der Waals surface area (Å²) in [6, 6.07) is 14.3. The zero-order valence-electron chi connectivity index (χ0n) is 14.1. The van der Waals surface area contributed by atoms with Crippen molar-refractivity contribution in [1.29, 1.82) is 0 Å². The molecular weight excluding hydrogens is 330 g/mol. The van der Waals surface area contributed by atoms with Crippen LogP contribution in [-0.2, 0) is 0 Å². The lowest BCUT2D eigenvalue weighted by molar-refractivity contribution is 0.356. The molecule has 0 aromatic carbocycles. The van der Waals surface area contributed by atoms with Crippen molar-refractivity contribution in [2.24, 2.45) is 0 Å². The van der Waals surface area contributed by atoms with Crippen molar-refractivity contribution in [2.75, 3.05) is 7.05 Å². The van der Waals surface area contributed by atoms with Gasteiger partial charge in [0.15, 0.2) is 5.11 Å². The van der Waals surface area contributed by atoms with Gasteiger partial charge < -0.3 is 14.8 Å². The van der Waals surface area contributed by atoms with E-state index in [9.17, 15) is 0 Å². The van der Waals surface area contributed by atoms with Crippen molar-refractivity contribution in [1.82, 2.24) is 24.8 Å². The fourth-order valence-corrected chi connectivity index (χ4v) is 3.52. The molecule has 0 spiro atoms. The second-order valence-electron chi connectivity index (χ2n) is 6.23. The van der Waals surface area contributed by atoms with Gasteiger partial charge in [-0.05, 0) is 55.0 Å². The van der Waals surface area contributed by atoms with E-state index in [4.69, 9.17) is 12.2 Å². The van der Waals surface area contributed by atoms with Gasteiger partial charge in [0.1, 0.15) is 5.82 Å². The van der Waals surface area contributed by atoms with Gasteiger partial charge in [-0.3, -0.25) is 4.98 Å². The van der Waals surface area contributed by atoms with Crippen molar-refractivity contribution in [3.05, 3.63) is 78.0 Å². The predicted molar refractivity (Wildman–Crippen MR) is 102 cm³/mol. The SMILES string of the molecule is Cc1ccc(-n2cccc2[C@H]2[C@H](c3ccccn3)NC(=S)N2C)nc1. The van der Waals surface area contributed by atoms with E-state index in [1.54, 1.807) is 0 Å². The third kappa shape index (κ3) is 2.78. The maximum atomic E-state index is 5.51. The van der Waals surface area contributed by atoms with Crippen LogP contribution in [0.4, 0.5) is 0 Å². The van der Waals surface area contributed by atoms with Crippen molar-refractivity contribution < 1.29 is 0 Å². The number of pyridine rings is 2. The van der Waals surface area contributed by atoms with Crippen LogP contribution in [0.2, 0.25) is 0 Å². The predicted octanol–water partition coefficient (Wildman–Crippen LogP) is 3.18. The molecule has 4 heterocycles. The fourth-order valence-electron chi connectivity index (χ4n) is 3.27. The first-order chi connectivity index (χ1) is 12.1. The molecule has 126 valence electrons. The van der Waals surface area contributed by atoms with Crippen LogP contribution in [0.5, 0.6) is 0 Å². The minimum Gasteiger partial charge on any atom is -0.352 e. The molecule has 0 unspecified atom stereocenters. The number of hydrogen-bond donors (Lipinski definition) is 1. The molecule has 1 aliphatic heterocycles. The molecule has 0 amide bonds. The average molecular weight is 349 g/mol. The van der Waals surface area contributed by atoms with Crippen LogP contribution in [0.1, 0.15) is 29.0 Å². The van der Waals surface area contributed by atoms with E-state index in [0.29, 0.717) is 0 Å². The minimum absolute atomic E-state index is 0.00204. The molecule has 0 radical (unpaired) electrons. The van der Waals surface area contributed by atoms with Gasteiger partial charge in [0.25, 0.3) is 0 Å². The molecular formula is C19H19N5S. The first-order valence-corrected chi connectivity index (χ1v) is 8.60. The van der Waals surface area contributed by atoms with Crippen molar-refractivity contribution in [3.63, 3.8) is 0 Å². The van der Waals surface area contributed by atoms with Gasteiger partial charge in [-0.25, -0.2) is 4.98 Å². The first-order valence-electron chi connectivity index (χ1n) is 8.19. The van der Waals surface area contributed by atoms with Crippen LogP contribution < -0.4 is 5.32 Å². The Labute approximate surface area is 152 Å². The van der Waals surface area contributed by atoms with Crippen LogP contribution in [0.15, 0.2) is 61.1 Å². The van der Waals surface area contributed by atoms with E-state index < -0.39 is 0 Å². The maximum Gasteiger partial charge on any atom is 0.169 e. The Bertz CT molecular complexity index is 888. The van der Waals surface area contributed by atoms with Gasteiger partial charge in [0, 0.05) is 31.3 Å². The van der Waals surface area contributed by atoms with Crippen LogP contribution in [0.25, 0.3) is 5.82 Å². The molecule has 0 aliphatic carbocycles. The summed E-state index contributed by atoms with van der Waals surface area (Å²) in [4.78, 5) is 11.2. The highest BCUT2D eigenvalue weighted by Gasteiger charge is 2.39. The summed E-state index contributed by atoms with van der Waals surface area (Å²) in [7, 11) is 2.02. The van der Waals surface area contributed by atoms with Crippen molar-refractivity contribution in [3.8, 4) is 5.82 Å². The van der Waals surface area contributed by atoms with Gasteiger partial charge in [-0.2, -0.15) is 0 Å². The Balaban J connectivity index is 1.78. The van der Waals surface area contributed by atoms with Gasteiger partial charge in [-0.15, -0.1) is 0 Å². The Kier molecular flexibility index (Phi) is 3.97. The Morgan fingerprint density at radius 1 is 1.08 bits per heavy atom. The molecule has 1 aliphatic rings. The highest BCUT2D eigenvalue weighted by Crippen LogP contribution is 2.38. The number of aryl methyl sites for hydroxylation is 1. The molecule has 0 saturated carbocycles. The lowest BCUT2D eigenvalue weighted by Gasteiger charge is -2.25. The molecule has 3 aromatic rings. The lowest BCUT2D eigenvalue weighted by atomic mass is 10.0. The number of nitrogens with zero attached hydrogens (tertiary/aromatic N) is 4. The quantitative estimate of drug-likeness (QED) is 0.736. The molecule has 6 heteroatoms. The van der Waals surface area contributed by atoms with Crippen LogP contribution in [0.3, 0.4) is 0 Å². The third-order valence-electron chi connectivity index (χ3n) is 4.56. The average Bonchev–Trinajstić information content (AvgIpc) is 3.22. The standard InChI is InChI=1S/C19H19N5S/c1-13-8-9-16(21-12-13)24-11-5-7-15(24)18-17(22-19(25)23(18)2)14-6-3-4-10-20-14/h3-12,17-18H,1-2H3,(H,22,25)/t17-,18-/m0/s1. The highest BCUT2D eigenvalue weighted by atomic mass is 32.1. The smallest absolute Gasteiger partial charge is 0.169 e. The zero-order valence-corrected chi connectivity index (χ0v) is 14.9. The van der Waals surface area contributed by atoms with Gasteiger partial charge in [0.05, 0.1) is 17.8 Å². The molecule has 0 bridgehead atoms. The number of aromatic nitrogens is 3. The number of hydrogen-bond acceptors (Lipinski definition) is 3. The lowest BCUT2D eigenvalue weighted by Crippen LogP contribution is -2.26. The molecule has 1 saturated heterocycles. The first kappa shape index (κ1) is 15.8. The Morgan fingerprint density at radius 3 is 2.68 bits per heavy atom. The fraction of sp³-hybridized carbons (Fsp3) is 0.211. The topological polar surface area (TPSA) is 46.0 Å². The molecule has 5 nitrogen and oxygen atoms in total. The van der Waals surface area contributed by atoms with Gasteiger partial charge >= 0.3 is 0 Å². The van der Waals surface area contributed by atoms with Crippen LogP contribution in [0, 0.1) is 6.92 Å². The van der Waals surface area contributed by atoms with E-state index in [0.717, 1.165) is 27.9 Å². The highest BCUT2D eigenvalue weighted by molar-refractivity contribution is 7.80. The van der Waals surface area contributed by atoms with Gasteiger partial charge in [0.2, 0.25) is 0 Å². The second-order valence-corrected chi connectivity index (χ2v) is 6.62. The number of nitrogens with one attached hydrogen (secondary N) is 1. The molecule has 2 atom stereocenters. The summed E-state index contributed by atoms with van der Waals surface area (Å²) in [5.74, 6) is 0.900. The van der Waals surface area contributed by atoms with E-state index in [2.05, 4.69) is 36.9 Å². The summed E-state index contributed by atoms with van der Waals surface area (Å²) in [5.41, 5.74) is 3.25. The van der Waals surface area contributed by atoms with E-state index >= 15 is 0 Å². The largest absolute Gasteiger partial charge is 0.352 e. The number of rotatable bonds is 3. The normalized spacial score (nSPS) is 19.9. The summed E-state index contributed by atoms with van der Waals surface area (Å²) < 4.78 is 2.12. The van der Waals surface area contributed by atoms with E-state index in [1.165, 1.54) is 0 Å². The summed E-state index contributed by atoms with van der Waals surface area (Å²) in [6.45, 7) is 2.04. The molecule has 25 heavy (non-hydrogen) atoms. The summed E-state index contributed by atoms with van der Waals surface area (Å²) >= 11 is 5.51. The molecule has 1 fully saturated rings. The minimum atomic E-state index is -0.00204. The summed E-state index contributed by atoms with van der Waals surface area (Å²) in [6.07, 6.45) is 5.74.